The zero-order valence-corrected chi connectivity index (χ0v) is 18.6. The summed E-state index contributed by atoms with van der Waals surface area (Å²) in [5, 5.41) is 15.3. The van der Waals surface area contributed by atoms with Gasteiger partial charge in [0.15, 0.2) is 17.5 Å². The molecule has 2 aromatic rings. The van der Waals surface area contributed by atoms with E-state index in [9.17, 15) is 0 Å². The highest BCUT2D eigenvalue weighted by molar-refractivity contribution is 14.0. The van der Waals surface area contributed by atoms with Gasteiger partial charge in [0.2, 0.25) is 0 Å². The van der Waals surface area contributed by atoms with Crippen molar-refractivity contribution in [2.75, 3.05) is 14.2 Å². The molecule has 3 rings (SSSR count). The van der Waals surface area contributed by atoms with Crippen molar-refractivity contribution in [3.8, 4) is 0 Å². The number of hydrogen-bond donors (Lipinski definition) is 2. The summed E-state index contributed by atoms with van der Waals surface area (Å²) in [5.74, 6) is 3.63. The first kappa shape index (κ1) is 21.6. The van der Waals surface area contributed by atoms with E-state index in [0.29, 0.717) is 19.1 Å². The van der Waals surface area contributed by atoms with Gasteiger partial charge in [0.25, 0.3) is 0 Å². The Kier molecular flexibility index (Phi) is 8.02. The van der Waals surface area contributed by atoms with Gasteiger partial charge in [-0.2, -0.15) is 5.10 Å². The summed E-state index contributed by atoms with van der Waals surface area (Å²) in [7, 11) is 3.41. The van der Waals surface area contributed by atoms with Crippen molar-refractivity contribution >= 4 is 29.9 Å². The molecule has 9 nitrogen and oxygen atoms in total. The van der Waals surface area contributed by atoms with Crippen molar-refractivity contribution in [1.29, 1.82) is 0 Å². The van der Waals surface area contributed by atoms with E-state index in [1.54, 1.807) is 14.2 Å². The lowest BCUT2D eigenvalue weighted by atomic mass is 10.1. The Balaban J connectivity index is 0.00000261. The summed E-state index contributed by atoms with van der Waals surface area (Å²) in [6.07, 6.45) is 1.86. The first-order chi connectivity index (χ1) is 12.6. The van der Waals surface area contributed by atoms with Crippen LogP contribution in [0.4, 0.5) is 0 Å². The summed E-state index contributed by atoms with van der Waals surface area (Å²) >= 11 is 0. The minimum Gasteiger partial charge on any atom is -0.377 e. The van der Waals surface area contributed by atoms with Gasteiger partial charge in [-0.1, -0.05) is 19.0 Å². The van der Waals surface area contributed by atoms with E-state index in [4.69, 9.17) is 9.26 Å². The Bertz CT molecular complexity index is 756. The van der Waals surface area contributed by atoms with E-state index in [2.05, 4.69) is 44.7 Å². The Labute approximate surface area is 176 Å². The number of fused-ring (bicyclic) bond motifs is 1. The molecule has 2 N–H and O–H groups in total. The molecule has 0 aromatic carbocycles. The van der Waals surface area contributed by atoms with Gasteiger partial charge in [-0.05, 0) is 12.3 Å². The average Bonchev–Trinajstić information content (AvgIpc) is 3.25. The number of aliphatic imine (C=N–C) groups is 1. The third-order valence-electron chi connectivity index (χ3n) is 4.34. The number of rotatable bonds is 6. The van der Waals surface area contributed by atoms with Crippen molar-refractivity contribution in [2.45, 2.75) is 58.3 Å². The van der Waals surface area contributed by atoms with Crippen LogP contribution < -0.4 is 10.6 Å². The SMILES string of the molecule is CN=C(NCc1cc(C(C)C)no1)NC1CCc2nc(COC)nn2C1.I. The molecule has 1 aliphatic heterocycles. The lowest BCUT2D eigenvalue weighted by Gasteiger charge is -2.25. The number of guanidine groups is 1. The quantitative estimate of drug-likeness (QED) is 0.363. The predicted octanol–water partition coefficient (Wildman–Crippen LogP) is 1.83. The Morgan fingerprint density at radius 3 is 2.96 bits per heavy atom. The van der Waals surface area contributed by atoms with Crippen molar-refractivity contribution in [2.24, 2.45) is 4.99 Å². The van der Waals surface area contributed by atoms with Gasteiger partial charge in [0, 0.05) is 32.7 Å². The van der Waals surface area contributed by atoms with Crippen molar-refractivity contribution in [1.82, 2.24) is 30.6 Å². The minimum absolute atomic E-state index is 0. The molecular weight excluding hydrogens is 461 g/mol. The molecule has 1 atom stereocenters. The molecule has 0 saturated heterocycles. The summed E-state index contributed by atoms with van der Waals surface area (Å²) in [4.78, 5) is 8.80. The van der Waals surface area contributed by atoms with Gasteiger partial charge >= 0.3 is 0 Å². The third kappa shape index (κ3) is 5.64. The standard InChI is InChI=1S/C17H27N7O2.HI/c1-11(2)14-7-13(26-23-14)8-19-17(18-3)20-12-5-6-16-21-15(10-25-4)22-24(16)9-12;/h7,11-12H,5-6,8-10H2,1-4H3,(H2,18,19,20);1H. The predicted molar refractivity (Wildman–Crippen MR) is 112 cm³/mol. The number of aryl methyl sites for hydroxylation is 1. The number of ether oxygens (including phenoxy) is 1. The summed E-state index contributed by atoms with van der Waals surface area (Å²) in [6.45, 7) is 5.92. The van der Waals surface area contributed by atoms with E-state index in [0.717, 1.165) is 48.4 Å². The second kappa shape index (κ2) is 10.0. The number of halogens is 1. The van der Waals surface area contributed by atoms with E-state index >= 15 is 0 Å². The lowest BCUT2D eigenvalue weighted by Crippen LogP contribution is -2.46. The number of methoxy groups -OCH3 is 1. The van der Waals surface area contributed by atoms with Crippen LogP contribution in [0.2, 0.25) is 0 Å². The maximum absolute atomic E-state index is 5.35. The second-order valence-corrected chi connectivity index (χ2v) is 6.74. The second-order valence-electron chi connectivity index (χ2n) is 6.74. The summed E-state index contributed by atoms with van der Waals surface area (Å²) in [5.41, 5.74) is 0.961. The fourth-order valence-corrected chi connectivity index (χ4v) is 2.91. The lowest BCUT2D eigenvalue weighted by molar-refractivity contribution is 0.177. The number of nitrogens with zero attached hydrogens (tertiary/aromatic N) is 5. The van der Waals surface area contributed by atoms with Crippen LogP contribution in [0.25, 0.3) is 0 Å². The van der Waals surface area contributed by atoms with Crippen LogP contribution in [-0.4, -0.2) is 46.1 Å². The monoisotopic (exact) mass is 489 g/mol. The van der Waals surface area contributed by atoms with E-state index in [1.165, 1.54) is 0 Å². The molecule has 0 fully saturated rings. The van der Waals surface area contributed by atoms with E-state index in [1.807, 2.05) is 10.7 Å². The first-order valence-corrected chi connectivity index (χ1v) is 8.93. The molecule has 1 aliphatic rings. The van der Waals surface area contributed by atoms with Gasteiger partial charge in [-0.15, -0.1) is 24.0 Å². The number of aromatic nitrogens is 4. The molecule has 0 aliphatic carbocycles. The highest BCUT2D eigenvalue weighted by Gasteiger charge is 2.22. The molecule has 3 heterocycles. The van der Waals surface area contributed by atoms with Crippen LogP contribution in [-0.2, 0) is 30.9 Å². The topological polar surface area (TPSA) is 102 Å². The Morgan fingerprint density at radius 2 is 2.30 bits per heavy atom. The molecule has 0 radical (unpaired) electrons. The molecule has 2 aromatic heterocycles. The van der Waals surface area contributed by atoms with Crippen molar-refractivity contribution in [3.63, 3.8) is 0 Å². The molecule has 0 saturated carbocycles. The van der Waals surface area contributed by atoms with Crippen LogP contribution in [0.15, 0.2) is 15.6 Å². The molecule has 0 bridgehead atoms. The Morgan fingerprint density at radius 1 is 1.48 bits per heavy atom. The molecule has 1 unspecified atom stereocenters. The molecular formula is C17H28IN7O2. The minimum atomic E-state index is 0. The molecule has 0 spiro atoms. The number of nitrogens with one attached hydrogen (secondary N) is 2. The zero-order chi connectivity index (χ0) is 18.5. The first-order valence-electron chi connectivity index (χ1n) is 8.93. The zero-order valence-electron chi connectivity index (χ0n) is 16.2. The third-order valence-corrected chi connectivity index (χ3v) is 4.34. The maximum Gasteiger partial charge on any atom is 0.191 e. The fourth-order valence-electron chi connectivity index (χ4n) is 2.91. The normalized spacial score (nSPS) is 16.8. The van der Waals surface area contributed by atoms with Gasteiger partial charge in [0.05, 0.1) is 18.8 Å². The van der Waals surface area contributed by atoms with Crippen LogP contribution in [0.1, 0.15) is 49.3 Å². The van der Waals surface area contributed by atoms with E-state index in [-0.39, 0.29) is 30.0 Å². The highest BCUT2D eigenvalue weighted by Crippen LogP contribution is 2.15. The molecule has 10 heteroatoms. The molecule has 150 valence electrons. The van der Waals surface area contributed by atoms with Crippen LogP contribution in [0.5, 0.6) is 0 Å². The van der Waals surface area contributed by atoms with Gasteiger partial charge in [0.1, 0.15) is 12.4 Å². The van der Waals surface area contributed by atoms with Crippen molar-refractivity contribution < 1.29 is 9.26 Å². The number of hydrogen-bond acceptors (Lipinski definition) is 6. The summed E-state index contributed by atoms with van der Waals surface area (Å²) in [6, 6.07) is 2.22. The fraction of sp³-hybridized carbons (Fsp3) is 0.647. The van der Waals surface area contributed by atoms with Gasteiger partial charge in [-0.25, -0.2) is 9.67 Å². The molecule has 0 amide bonds. The molecule has 27 heavy (non-hydrogen) atoms. The van der Waals surface area contributed by atoms with Crippen LogP contribution >= 0.6 is 24.0 Å². The van der Waals surface area contributed by atoms with Crippen LogP contribution in [0, 0.1) is 0 Å². The van der Waals surface area contributed by atoms with E-state index < -0.39 is 0 Å². The summed E-state index contributed by atoms with van der Waals surface area (Å²) < 4.78 is 12.4. The van der Waals surface area contributed by atoms with Crippen LogP contribution in [0.3, 0.4) is 0 Å². The largest absolute Gasteiger partial charge is 0.377 e. The van der Waals surface area contributed by atoms with Gasteiger partial charge in [-0.3, -0.25) is 4.99 Å². The smallest absolute Gasteiger partial charge is 0.191 e. The highest BCUT2D eigenvalue weighted by atomic mass is 127. The van der Waals surface area contributed by atoms with Gasteiger partial charge < -0.3 is 19.9 Å². The maximum atomic E-state index is 5.35. The average molecular weight is 489 g/mol. The Hall–Kier alpha value is -1.69. The van der Waals surface area contributed by atoms with Crippen molar-refractivity contribution in [3.05, 3.63) is 29.2 Å².